The summed E-state index contributed by atoms with van der Waals surface area (Å²) < 4.78 is 12.2. The average molecular weight is 282 g/mol. The smallest absolute Gasteiger partial charge is 0.408 e. The number of fused-ring (bicyclic) bond motifs is 1. The minimum atomic E-state index is -0.315. The summed E-state index contributed by atoms with van der Waals surface area (Å²) in [5.74, 6) is 0.0177. The van der Waals surface area contributed by atoms with Gasteiger partial charge < -0.3 is 9.15 Å². The molecule has 0 N–H and O–H groups in total. The molecule has 2 unspecified atom stereocenters. The normalized spacial score (nSPS) is 21.1. The van der Waals surface area contributed by atoms with Gasteiger partial charge in [-0.2, -0.15) is 0 Å². The highest BCUT2D eigenvalue weighted by molar-refractivity contribution is 6.21. The monoisotopic (exact) mass is 281 g/mol. The summed E-state index contributed by atoms with van der Waals surface area (Å²) in [5.41, 5.74) is 2.42. The second-order valence-electron chi connectivity index (χ2n) is 4.86. The van der Waals surface area contributed by atoms with Gasteiger partial charge in [0.2, 0.25) is 0 Å². The van der Waals surface area contributed by atoms with Crippen molar-refractivity contribution in [1.29, 1.82) is 0 Å². The van der Waals surface area contributed by atoms with Gasteiger partial charge in [0.1, 0.15) is 0 Å². The van der Waals surface area contributed by atoms with E-state index in [1.54, 1.807) is 4.57 Å². The van der Waals surface area contributed by atoms with Crippen LogP contribution in [-0.2, 0) is 11.3 Å². The lowest BCUT2D eigenvalue weighted by atomic mass is 9.98. The number of alkyl halides is 1. The summed E-state index contributed by atoms with van der Waals surface area (Å²) in [6.07, 6.45) is 0.978. The Morgan fingerprint density at radius 1 is 1.53 bits per heavy atom. The molecule has 2 aromatic rings. The molecule has 1 aromatic carbocycles. The number of rotatable bonds is 3. The average Bonchev–Trinajstić information content (AvgIpc) is 3.03. The molecular weight excluding hydrogens is 266 g/mol. The third-order valence-corrected chi connectivity index (χ3v) is 4.31. The molecule has 1 aliphatic rings. The van der Waals surface area contributed by atoms with Gasteiger partial charge in [-0.3, -0.25) is 4.57 Å². The fourth-order valence-electron chi connectivity index (χ4n) is 2.61. The molecule has 5 heteroatoms. The number of hydrogen-bond donors (Lipinski definition) is 0. The van der Waals surface area contributed by atoms with Gasteiger partial charge in [0.15, 0.2) is 5.58 Å². The molecule has 0 bridgehead atoms. The summed E-state index contributed by atoms with van der Waals surface area (Å²) in [6.45, 7) is 4.00. The van der Waals surface area contributed by atoms with Crippen LogP contribution in [0.1, 0.15) is 24.3 Å². The van der Waals surface area contributed by atoms with E-state index in [0.29, 0.717) is 24.7 Å². The summed E-state index contributed by atoms with van der Waals surface area (Å²) in [4.78, 5) is 11.7. The first-order chi connectivity index (χ1) is 9.20. The van der Waals surface area contributed by atoms with Crippen LogP contribution >= 0.6 is 11.6 Å². The third-order valence-electron chi connectivity index (χ3n) is 3.71. The molecule has 2 atom stereocenters. The first kappa shape index (κ1) is 12.8. The van der Waals surface area contributed by atoms with E-state index in [1.165, 1.54) is 0 Å². The highest BCUT2D eigenvalue weighted by atomic mass is 35.5. The van der Waals surface area contributed by atoms with Gasteiger partial charge in [-0.05, 0) is 31.0 Å². The Labute approximate surface area is 115 Å². The van der Waals surface area contributed by atoms with Gasteiger partial charge in [-0.25, -0.2) is 4.79 Å². The number of hydrogen-bond acceptors (Lipinski definition) is 3. The first-order valence-electron chi connectivity index (χ1n) is 6.56. The molecule has 0 spiro atoms. The zero-order chi connectivity index (χ0) is 13.4. The molecule has 3 rings (SSSR count). The van der Waals surface area contributed by atoms with Gasteiger partial charge in [-0.1, -0.05) is 6.07 Å². The minimum Gasteiger partial charge on any atom is -0.408 e. The van der Waals surface area contributed by atoms with Crippen LogP contribution in [0.3, 0.4) is 0 Å². The molecule has 1 aromatic heterocycles. The number of nitrogens with zero attached hydrogens (tertiary/aromatic N) is 1. The molecular formula is C14H16ClNO3. The van der Waals surface area contributed by atoms with Crippen molar-refractivity contribution >= 4 is 22.7 Å². The van der Waals surface area contributed by atoms with E-state index in [9.17, 15) is 4.79 Å². The van der Waals surface area contributed by atoms with E-state index < -0.39 is 0 Å². The minimum absolute atomic E-state index is 0.0952. The van der Waals surface area contributed by atoms with E-state index in [1.807, 2.05) is 25.1 Å². The number of benzene rings is 1. The Kier molecular flexibility index (Phi) is 3.37. The van der Waals surface area contributed by atoms with Crippen molar-refractivity contribution in [3.63, 3.8) is 0 Å². The van der Waals surface area contributed by atoms with E-state index >= 15 is 0 Å². The Morgan fingerprint density at radius 2 is 2.37 bits per heavy atom. The summed E-state index contributed by atoms with van der Waals surface area (Å²) in [5, 5.41) is -0.0952. The maximum Gasteiger partial charge on any atom is 0.419 e. The quantitative estimate of drug-likeness (QED) is 0.813. The third kappa shape index (κ3) is 2.19. The zero-order valence-electron chi connectivity index (χ0n) is 10.8. The van der Waals surface area contributed by atoms with Crippen LogP contribution < -0.4 is 5.76 Å². The highest BCUT2D eigenvalue weighted by Gasteiger charge is 2.26. The molecule has 19 heavy (non-hydrogen) atoms. The molecule has 0 radical (unpaired) electrons. The van der Waals surface area contributed by atoms with E-state index in [-0.39, 0.29) is 11.1 Å². The highest BCUT2D eigenvalue weighted by Crippen LogP contribution is 2.35. The SMILES string of the molecule is CCn1c(=O)oc2cc(C(Cl)C3CCOC3)ccc21. The van der Waals surface area contributed by atoms with Crippen molar-refractivity contribution in [2.45, 2.75) is 25.3 Å². The van der Waals surface area contributed by atoms with Gasteiger partial charge >= 0.3 is 5.76 Å². The number of ether oxygens (including phenoxy) is 1. The molecule has 0 aliphatic carbocycles. The fourth-order valence-corrected chi connectivity index (χ4v) is 2.94. The number of halogens is 1. The predicted octanol–water partition coefficient (Wildman–Crippen LogP) is 2.93. The molecule has 0 saturated carbocycles. The van der Waals surface area contributed by atoms with Crippen LogP contribution in [0.25, 0.3) is 11.1 Å². The Morgan fingerprint density at radius 3 is 3.05 bits per heavy atom. The first-order valence-corrected chi connectivity index (χ1v) is 6.99. The van der Waals surface area contributed by atoms with Crippen molar-refractivity contribution in [3.05, 3.63) is 34.3 Å². The lowest BCUT2D eigenvalue weighted by Gasteiger charge is -2.15. The maximum absolute atomic E-state index is 11.7. The van der Waals surface area contributed by atoms with Crippen molar-refractivity contribution in [2.24, 2.45) is 5.92 Å². The van der Waals surface area contributed by atoms with Gasteiger partial charge in [0, 0.05) is 19.1 Å². The topological polar surface area (TPSA) is 44.4 Å². The van der Waals surface area contributed by atoms with E-state index in [2.05, 4.69) is 0 Å². The second-order valence-corrected chi connectivity index (χ2v) is 5.34. The van der Waals surface area contributed by atoms with Gasteiger partial charge in [0.05, 0.1) is 17.5 Å². The molecule has 1 fully saturated rings. The summed E-state index contributed by atoms with van der Waals surface area (Å²) >= 11 is 6.49. The molecule has 2 heterocycles. The van der Waals surface area contributed by atoms with Gasteiger partial charge in [-0.15, -0.1) is 11.6 Å². The van der Waals surface area contributed by atoms with Crippen LogP contribution in [-0.4, -0.2) is 17.8 Å². The largest absolute Gasteiger partial charge is 0.419 e. The molecule has 1 aliphatic heterocycles. The van der Waals surface area contributed by atoms with Crippen LogP contribution in [0, 0.1) is 5.92 Å². The lowest BCUT2D eigenvalue weighted by Crippen LogP contribution is -2.12. The number of oxazole rings is 1. The fraction of sp³-hybridized carbons (Fsp3) is 0.500. The van der Waals surface area contributed by atoms with Gasteiger partial charge in [0.25, 0.3) is 0 Å². The molecule has 102 valence electrons. The van der Waals surface area contributed by atoms with Crippen LogP contribution in [0.15, 0.2) is 27.4 Å². The van der Waals surface area contributed by atoms with E-state index in [0.717, 1.165) is 24.1 Å². The van der Waals surface area contributed by atoms with Crippen molar-refractivity contribution in [3.8, 4) is 0 Å². The molecule has 1 saturated heterocycles. The molecule has 4 nitrogen and oxygen atoms in total. The Balaban J connectivity index is 1.99. The number of aryl methyl sites for hydroxylation is 1. The van der Waals surface area contributed by atoms with E-state index in [4.69, 9.17) is 20.8 Å². The van der Waals surface area contributed by atoms with Crippen molar-refractivity contribution in [1.82, 2.24) is 4.57 Å². The van der Waals surface area contributed by atoms with Crippen molar-refractivity contribution in [2.75, 3.05) is 13.2 Å². The predicted molar refractivity (Wildman–Crippen MR) is 73.7 cm³/mol. The van der Waals surface area contributed by atoms with Crippen LogP contribution in [0.4, 0.5) is 0 Å². The summed E-state index contributed by atoms with van der Waals surface area (Å²) in [7, 11) is 0. The standard InChI is InChI=1S/C14H16ClNO3/c1-2-16-11-4-3-9(7-12(11)19-14(16)17)13(15)10-5-6-18-8-10/h3-4,7,10,13H,2,5-6,8H2,1H3. The maximum atomic E-state index is 11.7. The Hall–Kier alpha value is -1.26. The van der Waals surface area contributed by atoms with Crippen LogP contribution in [0.5, 0.6) is 0 Å². The number of aromatic nitrogens is 1. The summed E-state index contributed by atoms with van der Waals surface area (Å²) in [6, 6.07) is 5.75. The van der Waals surface area contributed by atoms with Crippen LogP contribution in [0.2, 0.25) is 0 Å². The zero-order valence-corrected chi connectivity index (χ0v) is 11.5. The molecule has 0 amide bonds. The second kappa shape index (κ2) is 5.02. The Bertz CT molecular complexity index is 640. The lowest BCUT2D eigenvalue weighted by molar-refractivity contribution is 0.185. The van der Waals surface area contributed by atoms with Crippen molar-refractivity contribution < 1.29 is 9.15 Å².